The maximum atomic E-state index is 13.4. The molecule has 0 aliphatic carbocycles. The van der Waals surface area contributed by atoms with Gasteiger partial charge in [-0.2, -0.15) is 0 Å². The summed E-state index contributed by atoms with van der Waals surface area (Å²) in [6.45, 7) is 6.66. The number of rotatable bonds is 2. The van der Waals surface area contributed by atoms with E-state index in [1.54, 1.807) is 27.7 Å². The van der Waals surface area contributed by atoms with E-state index in [9.17, 15) is 14.0 Å². The van der Waals surface area contributed by atoms with Crippen molar-refractivity contribution >= 4 is 17.7 Å². The number of hydrogen-bond donors (Lipinski definition) is 2. The maximum Gasteiger partial charge on any atom is 0.412 e. The minimum Gasteiger partial charge on any atom is -0.478 e. The third-order valence-electron chi connectivity index (χ3n) is 2.18. The topological polar surface area (TPSA) is 75.6 Å². The lowest BCUT2D eigenvalue weighted by atomic mass is 10.1. The van der Waals surface area contributed by atoms with Crippen molar-refractivity contribution in [1.29, 1.82) is 0 Å². The first-order chi connectivity index (χ1) is 8.60. The van der Waals surface area contributed by atoms with Crippen LogP contribution in [0.4, 0.5) is 14.9 Å². The Hall–Kier alpha value is -2.11. The van der Waals surface area contributed by atoms with E-state index in [-0.39, 0.29) is 5.69 Å². The molecule has 5 nitrogen and oxygen atoms in total. The third-order valence-corrected chi connectivity index (χ3v) is 2.18. The number of benzene rings is 1. The SMILES string of the molecule is Cc1cc(F)c(C(=O)O)cc1NC(=O)OC(C)(C)C. The fourth-order valence-electron chi connectivity index (χ4n) is 1.38. The van der Waals surface area contributed by atoms with Gasteiger partial charge in [-0.05, 0) is 45.4 Å². The van der Waals surface area contributed by atoms with Crippen LogP contribution in [0.3, 0.4) is 0 Å². The van der Waals surface area contributed by atoms with E-state index in [2.05, 4.69) is 5.32 Å². The first-order valence-corrected chi connectivity index (χ1v) is 5.63. The molecule has 0 spiro atoms. The van der Waals surface area contributed by atoms with Gasteiger partial charge in [-0.25, -0.2) is 14.0 Å². The Morgan fingerprint density at radius 1 is 1.32 bits per heavy atom. The Balaban J connectivity index is 2.99. The summed E-state index contributed by atoms with van der Waals surface area (Å²) < 4.78 is 18.4. The van der Waals surface area contributed by atoms with E-state index in [0.717, 1.165) is 12.1 Å². The lowest BCUT2D eigenvalue weighted by molar-refractivity contribution is 0.0632. The quantitative estimate of drug-likeness (QED) is 0.864. The van der Waals surface area contributed by atoms with E-state index >= 15 is 0 Å². The highest BCUT2D eigenvalue weighted by Gasteiger charge is 2.19. The highest BCUT2D eigenvalue weighted by Crippen LogP contribution is 2.21. The van der Waals surface area contributed by atoms with Gasteiger partial charge in [0.15, 0.2) is 0 Å². The van der Waals surface area contributed by atoms with E-state index < -0.39 is 29.0 Å². The van der Waals surface area contributed by atoms with Gasteiger partial charge in [0, 0.05) is 5.69 Å². The molecule has 1 rings (SSSR count). The number of halogens is 1. The summed E-state index contributed by atoms with van der Waals surface area (Å²) in [6.07, 6.45) is -0.724. The maximum absolute atomic E-state index is 13.4. The number of carbonyl (C=O) groups is 2. The number of aromatic carboxylic acids is 1. The molecule has 0 saturated carbocycles. The van der Waals surface area contributed by atoms with Gasteiger partial charge < -0.3 is 9.84 Å². The average molecular weight is 269 g/mol. The Kier molecular flexibility index (Phi) is 4.14. The standard InChI is InChI=1S/C13H16FNO4/c1-7-5-9(14)8(11(16)17)6-10(7)15-12(18)19-13(2,3)4/h5-6H,1-4H3,(H,15,18)(H,16,17). The summed E-state index contributed by atoms with van der Waals surface area (Å²) in [5.74, 6) is -2.25. The van der Waals surface area contributed by atoms with Gasteiger partial charge in [0.05, 0.1) is 5.56 Å². The zero-order valence-corrected chi connectivity index (χ0v) is 11.2. The molecule has 104 valence electrons. The Labute approximate surface area is 110 Å². The molecule has 6 heteroatoms. The molecule has 0 aliphatic rings. The molecular formula is C13H16FNO4. The van der Waals surface area contributed by atoms with E-state index in [1.807, 2.05) is 0 Å². The van der Waals surface area contributed by atoms with Crippen LogP contribution in [0.1, 0.15) is 36.7 Å². The van der Waals surface area contributed by atoms with Gasteiger partial charge in [-0.15, -0.1) is 0 Å². The summed E-state index contributed by atoms with van der Waals surface area (Å²) in [4.78, 5) is 22.4. The molecule has 0 fully saturated rings. The predicted octanol–water partition coefficient (Wildman–Crippen LogP) is 3.18. The fourth-order valence-corrected chi connectivity index (χ4v) is 1.38. The molecule has 0 aromatic heterocycles. The minimum atomic E-state index is -1.40. The van der Waals surface area contributed by atoms with Gasteiger partial charge in [0.2, 0.25) is 0 Å². The minimum absolute atomic E-state index is 0.202. The van der Waals surface area contributed by atoms with Crippen molar-refractivity contribution in [1.82, 2.24) is 0 Å². The number of aryl methyl sites for hydroxylation is 1. The second-order valence-corrected chi connectivity index (χ2v) is 5.08. The van der Waals surface area contributed by atoms with Crippen LogP contribution < -0.4 is 5.32 Å². The number of carbonyl (C=O) groups excluding carboxylic acids is 1. The summed E-state index contributed by atoms with van der Waals surface area (Å²) in [7, 11) is 0. The molecule has 0 unspecified atom stereocenters. The normalized spacial score (nSPS) is 11.0. The molecule has 2 N–H and O–H groups in total. The van der Waals surface area contributed by atoms with Crippen molar-refractivity contribution in [2.45, 2.75) is 33.3 Å². The first kappa shape index (κ1) is 14.9. The van der Waals surface area contributed by atoms with Crippen molar-refractivity contribution < 1.29 is 23.8 Å². The van der Waals surface area contributed by atoms with Crippen LogP contribution in [0.15, 0.2) is 12.1 Å². The molecular weight excluding hydrogens is 253 g/mol. The molecule has 1 amide bonds. The first-order valence-electron chi connectivity index (χ1n) is 5.63. The zero-order chi connectivity index (χ0) is 14.8. The van der Waals surface area contributed by atoms with Crippen LogP contribution >= 0.6 is 0 Å². The van der Waals surface area contributed by atoms with Crippen LogP contribution in [-0.2, 0) is 4.74 Å². The summed E-state index contributed by atoms with van der Waals surface area (Å²) in [5.41, 5.74) is -0.564. The van der Waals surface area contributed by atoms with E-state index in [4.69, 9.17) is 9.84 Å². The Morgan fingerprint density at radius 3 is 2.37 bits per heavy atom. The van der Waals surface area contributed by atoms with Crippen molar-refractivity contribution in [3.63, 3.8) is 0 Å². The molecule has 0 heterocycles. The van der Waals surface area contributed by atoms with E-state index in [0.29, 0.717) is 5.56 Å². The Bertz CT molecular complexity index is 520. The van der Waals surface area contributed by atoms with Gasteiger partial charge >= 0.3 is 12.1 Å². The van der Waals surface area contributed by atoms with Gasteiger partial charge in [0.25, 0.3) is 0 Å². The van der Waals surface area contributed by atoms with Crippen LogP contribution in [0.25, 0.3) is 0 Å². The number of carboxylic acid groups (broad SMARTS) is 1. The fraction of sp³-hybridized carbons (Fsp3) is 0.385. The molecule has 0 saturated heterocycles. The Morgan fingerprint density at radius 2 is 1.89 bits per heavy atom. The lowest BCUT2D eigenvalue weighted by Gasteiger charge is -2.20. The lowest BCUT2D eigenvalue weighted by Crippen LogP contribution is -2.27. The number of nitrogens with one attached hydrogen (secondary N) is 1. The monoisotopic (exact) mass is 269 g/mol. The van der Waals surface area contributed by atoms with Crippen LogP contribution in [-0.4, -0.2) is 22.8 Å². The number of ether oxygens (including phenoxy) is 1. The molecule has 1 aromatic rings. The third kappa shape index (κ3) is 4.24. The molecule has 19 heavy (non-hydrogen) atoms. The highest BCUT2D eigenvalue weighted by atomic mass is 19.1. The van der Waals surface area contributed by atoms with Crippen molar-refractivity contribution in [3.8, 4) is 0 Å². The van der Waals surface area contributed by atoms with E-state index in [1.165, 1.54) is 0 Å². The van der Waals surface area contributed by atoms with Gasteiger partial charge in [0.1, 0.15) is 11.4 Å². The van der Waals surface area contributed by atoms with Crippen molar-refractivity contribution in [2.24, 2.45) is 0 Å². The molecule has 0 atom stereocenters. The second-order valence-electron chi connectivity index (χ2n) is 5.08. The van der Waals surface area contributed by atoms with Crippen molar-refractivity contribution in [2.75, 3.05) is 5.32 Å². The number of hydrogen-bond acceptors (Lipinski definition) is 3. The van der Waals surface area contributed by atoms with Crippen LogP contribution in [0.2, 0.25) is 0 Å². The zero-order valence-electron chi connectivity index (χ0n) is 11.2. The largest absolute Gasteiger partial charge is 0.478 e. The molecule has 0 radical (unpaired) electrons. The molecule has 0 aliphatic heterocycles. The van der Waals surface area contributed by atoms with Gasteiger partial charge in [-0.1, -0.05) is 0 Å². The van der Waals surface area contributed by atoms with Crippen LogP contribution in [0.5, 0.6) is 0 Å². The highest BCUT2D eigenvalue weighted by molar-refractivity contribution is 5.92. The smallest absolute Gasteiger partial charge is 0.412 e. The second kappa shape index (κ2) is 5.26. The molecule has 1 aromatic carbocycles. The number of carboxylic acids is 1. The molecule has 0 bridgehead atoms. The summed E-state index contributed by atoms with van der Waals surface area (Å²) in [6, 6.07) is 2.12. The predicted molar refractivity (Wildman–Crippen MR) is 68.0 cm³/mol. The number of amides is 1. The average Bonchev–Trinajstić information content (AvgIpc) is 2.18. The van der Waals surface area contributed by atoms with Gasteiger partial charge in [-0.3, -0.25) is 5.32 Å². The van der Waals surface area contributed by atoms with Crippen LogP contribution in [0, 0.1) is 12.7 Å². The van der Waals surface area contributed by atoms with Crippen molar-refractivity contribution in [3.05, 3.63) is 29.1 Å². The number of anilines is 1. The summed E-state index contributed by atoms with van der Waals surface area (Å²) >= 11 is 0. The summed E-state index contributed by atoms with van der Waals surface area (Å²) in [5, 5.41) is 11.2.